The highest BCUT2D eigenvalue weighted by molar-refractivity contribution is 5.92. The minimum absolute atomic E-state index is 0.0257. The van der Waals surface area contributed by atoms with Crippen LogP contribution in [0.25, 0.3) is 0 Å². The van der Waals surface area contributed by atoms with E-state index in [1.54, 1.807) is 12.3 Å². The Bertz CT molecular complexity index is 442. The van der Waals surface area contributed by atoms with Crippen LogP contribution in [0, 0.1) is 5.92 Å². The molecule has 1 aromatic heterocycles. The number of aromatic nitrogens is 1. The van der Waals surface area contributed by atoms with E-state index in [1.807, 2.05) is 17.0 Å². The molecule has 4 nitrogen and oxygen atoms in total. The van der Waals surface area contributed by atoms with Crippen LogP contribution in [-0.4, -0.2) is 40.5 Å². The highest BCUT2D eigenvalue weighted by Crippen LogP contribution is 2.23. The van der Waals surface area contributed by atoms with Gasteiger partial charge in [-0.1, -0.05) is 19.9 Å². The Morgan fingerprint density at radius 1 is 1.47 bits per heavy atom. The summed E-state index contributed by atoms with van der Waals surface area (Å²) in [4.78, 5) is 18.8. The van der Waals surface area contributed by atoms with Crippen molar-refractivity contribution in [1.82, 2.24) is 15.2 Å². The van der Waals surface area contributed by atoms with Crippen molar-refractivity contribution >= 4 is 5.91 Å². The maximum atomic E-state index is 12.6. The summed E-state index contributed by atoms with van der Waals surface area (Å²) in [5, 5.41) is 3.53. The molecule has 1 amide bonds. The van der Waals surface area contributed by atoms with E-state index in [0.717, 1.165) is 13.1 Å². The summed E-state index contributed by atoms with van der Waals surface area (Å²) in [6.07, 6.45) is 1.67. The summed E-state index contributed by atoms with van der Waals surface area (Å²) in [6, 6.07) is 5.82. The zero-order valence-electron chi connectivity index (χ0n) is 12.2. The van der Waals surface area contributed by atoms with Crippen LogP contribution >= 0.6 is 0 Å². The minimum Gasteiger partial charge on any atom is -0.329 e. The fourth-order valence-electron chi connectivity index (χ4n) is 2.42. The molecule has 2 rings (SSSR count). The van der Waals surface area contributed by atoms with E-state index in [9.17, 15) is 4.79 Å². The number of nitrogens with one attached hydrogen (secondary N) is 1. The van der Waals surface area contributed by atoms with Gasteiger partial charge in [-0.3, -0.25) is 9.78 Å². The number of carbonyl (C=O) groups excluding carboxylic acids is 1. The number of carbonyl (C=O) groups is 1. The third-order valence-corrected chi connectivity index (χ3v) is 3.84. The molecule has 1 unspecified atom stereocenters. The van der Waals surface area contributed by atoms with Crippen molar-refractivity contribution in [3.05, 3.63) is 30.1 Å². The van der Waals surface area contributed by atoms with Gasteiger partial charge in [-0.15, -0.1) is 0 Å². The lowest BCUT2D eigenvalue weighted by Gasteiger charge is -2.47. The van der Waals surface area contributed by atoms with Gasteiger partial charge >= 0.3 is 0 Å². The van der Waals surface area contributed by atoms with Gasteiger partial charge in [-0.05, 0) is 31.9 Å². The molecule has 0 radical (unpaired) electrons. The third-order valence-electron chi connectivity index (χ3n) is 3.84. The predicted octanol–water partition coefficient (Wildman–Crippen LogP) is 1.93. The third kappa shape index (κ3) is 2.95. The van der Waals surface area contributed by atoms with Crippen LogP contribution in [0.2, 0.25) is 0 Å². The van der Waals surface area contributed by atoms with Crippen LogP contribution in [-0.2, 0) is 0 Å². The Kier molecular flexibility index (Phi) is 3.90. The van der Waals surface area contributed by atoms with E-state index < -0.39 is 0 Å². The molecule has 0 aromatic carbocycles. The van der Waals surface area contributed by atoms with Gasteiger partial charge in [0, 0.05) is 25.3 Å². The number of hydrogen-bond donors (Lipinski definition) is 1. The lowest BCUT2D eigenvalue weighted by molar-refractivity contribution is 0.0348. The highest BCUT2D eigenvalue weighted by Gasteiger charge is 2.38. The summed E-state index contributed by atoms with van der Waals surface area (Å²) in [5.74, 6) is 0.535. The second-order valence-corrected chi connectivity index (χ2v) is 6.17. The smallest absolute Gasteiger partial charge is 0.272 e. The first-order valence-corrected chi connectivity index (χ1v) is 6.88. The van der Waals surface area contributed by atoms with Crippen molar-refractivity contribution in [1.29, 1.82) is 0 Å². The molecule has 19 heavy (non-hydrogen) atoms. The Hall–Kier alpha value is -1.42. The van der Waals surface area contributed by atoms with Crippen LogP contribution < -0.4 is 5.32 Å². The molecule has 1 atom stereocenters. The summed E-state index contributed by atoms with van der Waals surface area (Å²) >= 11 is 0. The summed E-state index contributed by atoms with van der Waals surface area (Å²) in [6.45, 7) is 10.1. The van der Waals surface area contributed by atoms with Crippen LogP contribution in [0.3, 0.4) is 0 Å². The van der Waals surface area contributed by atoms with Crippen molar-refractivity contribution < 1.29 is 4.79 Å². The van der Waals surface area contributed by atoms with E-state index >= 15 is 0 Å². The van der Waals surface area contributed by atoms with E-state index in [2.05, 4.69) is 38.0 Å². The summed E-state index contributed by atoms with van der Waals surface area (Å²) in [7, 11) is 0. The normalized spacial score (nSPS) is 22.6. The Labute approximate surface area is 115 Å². The zero-order chi connectivity index (χ0) is 14.0. The van der Waals surface area contributed by atoms with Crippen LogP contribution in [0.4, 0.5) is 0 Å². The Morgan fingerprint density at radius 2 is 2.21 bits per heavy atom. The molecule has 1 aromatic rings. The maximum Gasteiger partial charge on any atom is 0.272 e. The topological polar surface area (TPSA) is 45.2 Å². The zero-order valence-corrected chi connectivity index (χ0v) is 12.2. The van der Waals surface area contributed by atoms with Gasteiger partial charge in [-0.2, -0.15) is 0 Å². The van der Waals surface area contributed by atoms with Crippen molar-refractivity contribution in [3.63, 3.8) is 0 Å². The molecule has 0 spiro atoms. The standard InChI is InChI=1S/C15H23N3O/c1-11(2)13-9-18(15(3,4)10-17-13)14(19)12-7-5-6-8-16-12/h5-8,11,13,17H,9-10H2,1-4H3. The van der Waals surface area contributed by atoms with Crippen LogP contribution in [0.15, 0.2) is 24.4 Å². The van der Waals surface area contributed by atoms with Crippen molar-refractivity contribution in [2.75, 3.05) is 13.1 Å². The summed E-state index contributed by atoms with van der Waals surface area (Å²) in [5.41, 5.74) is 0.347. The minimum atomic E-state index is -0.181. The molecule has 1 aliphatic rings. The largest absolute Gasteiger partial charge is 0.329 e. The van der Waals surface area contributed by atoms with Crippen molar-refractivity contribution in [3.8, 4) is 0 Å². The molecular weight excluding hydrogens is 238 g/mol. The van der Waals surface area contributed by atoms with Crippen LogP contribution in [0.1, 0.15) is 38.2 Å². The first kappa shape index (κ1) is 14.0. The molecule has 1 fully saturated rings. The SMILES string of the molecule is CC(C)C1CN(C(=O)c2ccccn2)C(C)(C)CN1. The maximum absolute atomic E-state index is 12.6. The van der Waals surface area contributed by atoms with Gasteiger partial charge in [0.05, 0.1) is 5.54 Å². The molecule has 0 saturated carbocycles. The number of hydrogen-bond acceptors (Lipinski definition) is 3. The Morgan fingerprint density at radius 3 is 2.79 bits per heavy atom. The van der Waals surface area contributed by atoms with Gasteiger partial charge in [0.1, 0.15) is 5.69 Å². The second-order valence-electron chi connectivity index (χ2n) is 6.17. The molecule has 2 heterocycles. The molecular formula is C15H23N3O. The number of rotatable bonds is 2. The first-order chi connectivity index (χ1) is 8.92. The lowest BCUT2D eigenvalue weighted by Crippen LogP contribution is -2.64. The van der Waals surface area contributed by atoms with Gasteiger partial charge in [0.2, 0.25) is 0 Å². The van der Waals surface area contributed by atoms with Crippen LogP contribution in [0.5, 0.6) is 0 Å². The van der Waals surface area contributed by atoms with E-state index in [-0.39, 0.29) is 11.4 Å². The van der Waals surface area contributed by atoms with Crippen molar-refractivity contribution in [2.45, 2.75) is 39.3 Å². The van der Waals surface area contributed by atoms with E-state index in [1.165, 1.54) is 0 Å². The number of piperazine rings is 1. The monoisotopic (exact) mass is 261 g/mol. The highest BCUT2D eigenvalue weighted by atomic mass is 16.2. The molecule has 0 aliphatic carbocycles. The fourth-order valence-corrected chi connectivity index (χ4v) is 2.42. The molecule has 1 saturated heterocycles. The van der Waals surface area contributed by atoms with Gasteiger partial charge in [0.15, 0.2) is 0 Å². The van der Waals surface area contributed by atoms with E-state index in [4.69, 9.17) is 0 Å². The molecule has 1 aliphatic heterocycles. The molecule has 1 N–H and O–H groups in total. The van der Waals surface area contributed by atoms with Gasteiger partial charge in [-0.25, -0.2) is 0 Å². The Balaban J connectivity index is 2.22. The fraction of sp³-hybridized carbons (Fsp3) is 0.600. The average Bonchev–Trinajstić information content (AvgIpc) is 2.38. The average molecular weight is 261 g/mol. The predicted molar refractivity (Wildman–Crippen MR) is 76.0 cm³/mol. The summed E-state index contributed by atoms with van der Waals surface area (Å²) < 4.78 is 0. The molecule has 104 valence electrons. The second kappa shape index (κ2) is 5.29. The quantitative estimate of drug-likeness (QED) is 0.885. The molecule has 0 bridgehead atoms. The number of nitrogens with zero attached hydrogens (tertiary/aromatic N) is 2. The lowest BCUT2D eigenvalue weighted by atomic mass is 9.92. The van der Waals surface area contributed by atoms with Gasteiger partial charge < -0.3 is 10.2 Å². The van der Waals surface area contributed by atoms with Gasteiger partial charge in [0.25, 0.3) is 5.91 Å². The number of pyridine rings is 1. The molecule has 4 heteroatoms. The number of amides is 1. The van der Waals surface area contributed by atoms with E-state index in [0.29, 0.717) is 17.7 Å². The first-order valence-electron chi connectivity index (χ1n) is 6.88. The van der Waals surface area contributed by atoms with Crippen molar-refractivity contribution in [2.24, 2.45) is 5.92 Å².